The van der Waals surface area contributed by atoms with Gasteiger partial charge in [-0.25, -0.2) is 0 Å². The second kappa shape index (κ2) is 6.70. The minimum atomic E-state index is -0.848. The molecule has 0 bridgehead atoms. The molecule has 1 N–H and O–H groups in total. The van der Waals surface area contributed by atoms with E-state index in [9.17, 15) is 14.9 Å². The van der Waals surface area contributed by atoms with Crippen molar-refractivity contribution < 1.29 is 14.5 Å². The summed E-state index contributed by atoms with van der Waals surface area (Å²) in [5.41, 5.74) is 3.16. The molecule has 24 heavy (non-hydrogen) atoms. The molecule has 0 radical (unpaired) electrons. The maximum Gasteiger partial charge on any atom is 0.310 e. The van der Waals surface area contributed by atoms with Crippen LogP contribution in [0.25, 0.3) is 0 Å². The molecule has 6 nitrogen and oxygen atoms in total. The van der Waals surface area contributed by atoms with Crippen LogP contribution in [0, 0.1) is 10.1 Å². The van der Waals surface area contributed by atoms with Gasteiger partial charge in [0.2, 0.25) is 0 Å². The lowest BCUT2D eigenvalue weighted by atomic mass is 10.1. The summed E-state index contributed by atoms with van der Waals surface area (Å²) >= 11 is 0. The van der Waals surface area contributed by atoms with Crippen molar-refractivity contribution >= 4 is 17.3 Å². The minimum Gasteiger partial charge on any atom is -0.474 e. The van der Waals surface area contributed by atoms with Crippen molar-refractivity contribution in [3.63, 3.8) is 0 Å². The normalized spacial score (nSPS) is 13.9. The fourth-order valence-corrected chi connectivity index (χ4v) is 2.85. The van der Waals surface area contributed by atoms with Crippen molar-refractivity contribution in [1.82, 2.24) is 0 Å². The Morgan fingerprint density at radius 2 is 1.96 bits per heavy atom. The van der Waals surface area contributed by atoms with E-state index in [1.54, 1.807) is 19.1 Å². The van der Waals surface area contributed by atoms with Gasteiger partial charge in [-0.15, -0.1) is 0 Å². The Kier molecular flexibility index (Phi) is 4.46. The van der Waals surface area contributed by atoms with Crippen LogP contribution in [0.2, 0.25) is 0 Å². The van der Waals surface area contributed by atoms with Gasteiger partial charge in [-0.2, -0.15) is 0 Å². The lowest BCUT2D eigenvalue weighted by Gasteiger charge is -2.15. The summed E-state index contributed by atoms with van der Waals surface area (Å²) in [6, 6.07) is 11.9. The molecule has 1 aliphatic rings. The average Bonchev–Trinajstić information content (AvgIpc) is 3.02. The van der Waals surface area contributed by atoms with Crippen molar-refractivity contribution in [2.45, 2.75) is 32.3 Å². The maximum absolute atomic E-state index is 12.3. The summed E-state index contributed by atoms with van der Waals surface area (Å²) in [4.78, 5) is 22.8. The molecule has 0 aromatic heterocycles. The highest BCUT2D eigenvalue weighted by Crippen LogP contribution is 2.28. The van der Waals surface area contributed by atoms with Gasteiger partial charge in [0.05, 0.1) is 4.92 Å². The number of amides is 1. The number of rotatable bonds is 5. The molecule has 2 aromatic carbocycles. The molecule has 1 atom stereocenters. The summed E-state index contributed by atoms with van der Waals surface area (Å²) < 4.78 is 5.48. The van der Waals surface area contributed by atoms with E-state index < -0.39 is 11.0 Å². The SMILES string of the molecule is CC(Oc1ccccc1[N+](=O)[O-])C(=O)Nc1ccc2c(c1)CCC2. The van der Waals surface area contributed by atoms with E-state index in [1.807, 2.05) is 18.2 Å². The number of carbonyl (C=O) groups is 1. The standard InChI is InChI=1S/C18H18N2O4/c1-12(24-17-8-3-2-7-16(17)20(22)23)18(21)19-15-10-9-13-5-4-6-14(13)11-15/h2-3,7-12H,4-6H2,1H3,(H,19,21). The van der Waals surface area contributed by atoms with Crippen LogP contribution in [-0.4, -0.2) is 16.9 Å². The van der Waals surface area contributed by atoms with Crippen LogP contribution >= 0.6 is 0 Å². The lowest BCUT2D eigenvalue weighted by Crippen LogP contribution is -2.30. The highest BCUT2D eigenvalue weighted by atomic mass is 16.6. The molecule has 0 spiro atoms. The van der Waals surface area contributed by atoms with Crippen LogP contribution in [0.5, 0.6) is 5.75 Å². The smallest absolute Gasteiger partial charge is 0.310 e. The number of benzene rings is 2. The van der Waals surface area contributed by atoms with E-state index in [-0.39, 0.29) is 17.3 Å². The number of nitro benzene ring substituents is 1. The number of para-hydroxylation sites is 2. The summed E-state index contributed by atoms with van der Waals surface area (Å²) in [6.45, 7) is 1.57. The van der Waals surface area contributed by atoms with Crippen molar-refractivity contribution in [2.75, 3.05) is 5.32 Å². The predicted molar refractivity (Wildman–Crippen MR) is 90.3 cm³/mol. The Hall–Kier alpha value is -2.89. The van der Waals surface area contributed by atoms with Crippen LogP contribution in [-0.2, 0) is 17.6 Å². The van der Waals surface area contributed by atoms with Crippen LogP contribution in [0.3, 0.4) is 0 Å². The number of ether oxygens (including phenoxy) is 1. The molecule has 0 heterocycles. The van der Waals surface area contributed by atoms with E-state index in [1.165, 1.54) is 23.3 Å². The zero-order chi connectivity index (χ0) is 17.1. The third-order valence-corrected chi connectivity index (χ3v) is 4.10. The second-order valence-electron chi connectivity index (χ2n) is 5.81. The third kappa shape index (κ3) is 3.37. The number of aryl methyl sites for hydroxylation is 2. The Morgan fingerprint density at radius 1 is 1.21 bits per heavy atom. The Bertz CT molecular complexity index is 788. The topological polar surface area (TPSA) is 81.5 Å². The lowest BCUT2D eigenvalue weighted by molar-refractivity contribution is -0.386. The molecule has 1 amide bonds. The minimum absolute atomic E-state index is 0.0825. The number of hydrogen-bond donors (Lipinski definition) is 1. The van der Waals surface area contributed by atoms with Gasteiger partial charge >= 0.3 is 5.69 Å². The van der Waals surface area contributed by atoms with Gasteiger partial charge < -0.3 is 10.1 Å². The van der Waals surface area contributed by atoms with E-state index in [0.29, 0.717) is 0 Å². The average molecular weight is 326 g/mol. The monoisotopic (exact) mass is 326 g/mol. The van der Waals surface area contributed by atoms with Crippen molar-refractivity contribution in [2.24, 2.45) is 0 Å². The molecule has 6 heteroatoms. The maximum atomic E-state index is 12.3. The fourth-order valence-electron chi connectivity index (χ4n) is 2.85. The molecule has 124 valence electrons. The zero-order valence-electron chi connectivity index (χ0n) is 13.3. The number of hydrogen-bond acceptors (Lipinski definition) is 4. The molecular formula is C18H18N2O4. The van der Waals surface area contributed by atoms with E-state index >= 15 is 0 Å². The highest BCUT2D eigenvalue weighted by molar-refractivity contribution is 5.94. The molecule has 0 fully saturated rings. The predicted octanol–water partition coefficient (Wildman–Crippen LogP) is 3.49. The molecule has 0 saturated heterocycles. The largest absolute Gasteiger partial charge is 0.474 e. The first-order valence-corrected chi connectivity index (χ1v) is 7.87. The molecule has 2 aromatic rings. The molecule has 0 aliphatic heterocycles. The van der Waals surface area contributed by atoms with Gasteiger partial charge in [0, 0.05) is 11.8 Å². The third-order valence-electron chi connectivity index (χ3n) is 4.10. The Labute approximate surface area is 139 Å². The van der Waals surface area contributed by atoms with E-state index in [0.717, 1.165) is 24.9 Å². The van der Waals surface area contributed by atoms with Crippen molar-refractivity contribution in [1.29, 1.82) is 0 Å². The molecular weight excluding hydrogens is 308 g/mol. The van der Waals surface area contributed by atoms with Gasteiger partial charge in [0.25, 0.3) is 5.91 Å². The van der Waals surface area contributed by atoms with E-state index in [2.05, 4.69) is 5.32 Å². The highest BCUT2D eigenvalue weighted by Gasteiger charge is 2.21. The molecule has 1 aliphatic carbocycles. The fraction of sp³-hybridized carbons (Fsp3) is 0.278. The number of fused-ring (bicyclic) bond motifs is 1. The van der Waals surface area contributed by atoms with Gasteiger partial charge in [-0.05, 0) is 55.5 Å². The van der Waals surface area contributed by atoms with Gasteiger partial charge in [0.1, 0.15) is 0 Å². The summed E-state index contributed by atoms with van der Waals surface area (Å²) in [7, 11) is 0. The summed E-state index contributed by atoms with van der Waals surface area (Å²) in [5.74, 6) is -0.259. The van der Waals surface area contributed by atoms with Crippen LogP contribution in [0.15, 0.2) is 42.5 Å². The first-order chi connectivity index (χ1) is 11.5. The first kappa shape index (κ1) is 16.0. The Balaban J connectivity index is 1.68. The van der Waals surface area contributed by atoms with E-state index in [4.69, 9.17) is 4.74 Å². The number of nitrogens with zero attached hydrogens (tertiary/aromatic N) is 1. The molecule has 0 saturated carbocycles. The number of carbonyl (C=O) groups excluding carboxylic acids is 1. The number of anilines is 1. The van der Waals surface area contributed by atoms with Crippen molar-refractivity contribution in [3.8, 4) is 5.75 Å². The van der Waals surface area contributed by atoms with Gasteiger partial charge in [-0.3, -0.25) is 14.9 Å². The Morgan fingerprint density at radius 3 is 2.75 bits per heavy atom. The molecule has 3 rings (SSSR count). The van der Waals surface area contributed by atoms with Crippen molar-refractivity contribution in [3.05, 3.63) is 63.7 Å². The van der Waals surface area contributed by atoms with Crippen LogP contribution < -0.4 is 10.1 Å². The number of nitro groups is 1. The second-order valence-corrected chi connectivity index (χ2v) is 5.81. The summed E-state index contributed by atoms with van der Waals surface area (Å²) in [5, 5.41) is 13.8. The van der Waals surface area contributed by atoms with Crippen LogP contribution in [0.1, 0.15) is 24.5 Å². The quantitative estimate of drug-likeness (QED) is 0.673. The summed E-state index contributed by atoms with van der Waals surface area (Å²) in [6.07, 6.45) is 2.41. The van der Waals surface area contributed by atoms with Crippen LogP contribution in [0.4, 0.5) is 11.4 Å². The zero-order valence-corrected chi connectivity index (χ0v) is 13.3. The molecule has 1 unspecified atom stereocenters. The van der Waals surface area contributed by atoms with Gasteiger partial charge in [-0.1, -0.05) is 18.2 Å². The van der Waals surface area contributed by atoms with Gasteiger partial charge in [0.15, 0.2) is 11.9 Å². The number of nitrogens with one attached hydrogen (secondary N) is 1. The first-order valence-electron chi connectivity index (χ1n) is 7.87.